The van der Waals surface area contributed by atoms with E-state index in [9.17, 15) is 27.9 Å². The number of hydrogen-bond acceptors (Lipinski definition) is 3. The van der Waals surface area contributed by atoms with E-state index in [0.717, 1.165) is 17.7 Å². The van der Waals surface area contributed by atoms with Crippen LogP contribution in [0, 0.1) is 0 Å². The molecule has 0 radical (unpaired) electrons. The quantitative estimate of drug-likeness (QED) is 0.401. The molecule has 0 aliphatic rings. The molecule has 9 heteroatoms. The Balaban J connectivity index is 1.90. The number of benzene rings is 3. The molecule has 0 bridgehead atoms. The van der Waals surface area contributed by atoms with Gasteiger partial charge in [-0.15, -0.1) is 13.2 Å². The Kier molecular flexibility index (Phi) is 7.38. The number of carboxylic acids is 1. The van der Waals surface area contributed by atoms with Crippen LogP contribution in [0.15, 0.2) is 72.8 Å². The number of hydrogen-bond donors (Lipinski definition) is 2. The van der Waals surface area contributed by atoms with Gasteiger partial charge in [-0.1, -0.05) is 51.1 Å². The minimum absolute atomic E-state index is 0.0432. The van der Waals surface area contributed by atoms with Crippen LogP contribution in [0.5, 0.6) is 5.75 Å². The lowest BCUT2D eigenvalue weighted by Gasteiger charge is -2.26. The summed E-state index contributed by atoms with van der Waals surface area (Å²) in [5.74, 6) is -1.54. The molecule has 0 fully saturated rings. The summed E-state index contributed by atoms with van der Waals surface area (Å²) in [6.45, 7) is 6.13. The zero-order valence-electron chi connectivity index (χ0n) is 19.4. The molecule has 0 aliphatic heterocycles. The molecule has 3 rings (SSSR count). The highest BCUT2D eigenvalue weighted by molar-refractivity contribution is 6.02. The smallest absolute Gasteiger partial charge is 0.478 e. The SMILES string of the molecule is CC(C)(C)c1ccc(N(Cc2ccccc2C(=O)O)C(=O)Nc2ccc(OC(F)(F)F)cc2)cc1. The lowest BCUT2D eigenvalue weighted by molar-refractivity contribution is -0.274. The van der Waals surface area contributed by atoms with Gasteiger partial charge in [0.05, 0.1) is 12.1 Å². The van der Waals surface area contributed by atoms with E-state index in [-0.39, 0.29) is 23.2 Å². The summed E-state index contributed by atoms with van der Waals surface area (Å²) < 4.78 is 41.1. The van der Waals surface area contributed by atoms with Gasteiger partial charge in [0.25, 0.3) is 0 Å². The third-order valence-corrected chi connectivity index (χ3v) is 5.21. The second-order valence-electron chi connectivity index (χ2n) is 8.85. The minimum atomic E-state index is -4.82. The van der Waals surface area contributed by atoms with Crippen molar-refractivity contribution in [1.82, 2.24) is 0 Å². The van der Waals surface area contributed by atoms with Crippen LogP contribution < -0.4 is 15.0 Å². The van der Waals surface area contributed by atoms with Crippen LogP contribution in [0.3, 0.4) is 0 Å². The molecule has 0 atom stereocenters. The highest BCUT2D eigenvalue weighted by Crippen LogP contribution is 2.28. The number of carbonyl (C=O) groups is 2. The van der Waals surface area contributed by atoms with Gasteiger partial charge in [-0.3, -0.25) is 4.90 Å². The molecule has 35 heavy (non-hydrogen) atoms. The van der Waals surface area contributed by atoms with Gasteiger partial charge < -0.3 is 15.2 Å². The molecule has 2 amide bonds. The van der Waals surface area contributed by atoms with Gasteiger partial charge in [0, 0.05) is 11.4 Å². The van der Waals surface area contributed by atoms with Gasteiger partial charge in [-0.25, -0.2) is 9.59 Å². The van der Waals surface area contributed by atoms with E-state index in [2.05, 4.69) is 30.8 Å². The van der Waals surface area contributed by atoms with Crippen LogP contribution in [0.4, 0.5) is 29.3 Å². The monoisotopic (exact) mass is 486 g/mol. The molecule has 6 nitrogen and oxygen atoms in total. The fourth-order valence-electron chi connectivity index (χ4n) is 3.39. The predicted molar refractivity (Wildman–Crippen MR) is 127 cm³/mol. The van der Waals surface area contributed by atoms with Crippen LogP contribution >= 0.6 is 0 Å². The fraction of sp³-hybridized carbons (Fsp3) is 0.231. The zero-order valence-corrected chi connectivity index (χ0v) is 19.4. The topological polar surface area (TPSA) is 78.9 Å². The van der Waals surface area contributed by atoms with Crippen molar-refractivity contribution in [2.24, 2.45) is 0 Å². The van der Waals surface area contributed by atoms with E-state index in [1.165, 1.54) is 23.1 Å². The Hall–Kier alpha value is -4.01. The van der Waals surface area contributed by atoms with Crippen molar-refractivity contribution >= 4 is 23.4 Å². The maximum atomic E-state index is 13.3. The molecular formula is C26H25F3N2O4. The molecule has 0 aromatic heterocycles. The third-order valence-electron chi connectivity index (χ3n) is 5.21. The first-order valence-corrected chi connectivity index (χ1v) is 10.7. The second-order valence-corrected chi connectivity index (χ2v) is 8.85. The lowest BCUT2D eigenvalue weighted by Crippen LogP contribution is -2.35. The molecule has 2 N–H and O–H groups in total. The van der Waals surface area contributed by atoms with Crippen molar-refractivity contribution in [3.8, 4) is 5.75 Å². The van der Waals surface area contributed by atoms with Crippen molar-refractivity contribution in [2.45, 2.75) is 39.1 Å². The van der Waals surface area contributed by atoms with Crippen LogP contribution in [0.1, 0.15) is 42.3 Å². The van der Waals surface area contributed by atoms with E-state index in [4.69, 9.17) is 0 Å². The van der Waals surface area contributed by atoms with E-state index in [1.54, 1.807) is 30.3 Å². The van der Waals surface area contributed by atoms with E-state index < -0.39 is 24.1 Å². The molecule has 0 saturated heterocycles. The summed E-state index contributed by atoms with van der Waals surface area (Å²) in [5.41, 5.74) is 2.18. The summed E-state index contributed by atoms with van der Waals surface area (Å²) in [6, 6.07) is 17.8. The summed E-state index contributed by atoms with van der Waals surface area (Å²) >= 11 is 0. The summed E-state index contributed by atoms with van der Waals surface area (Å²) in [6.07, 6.45) is -4.82. The summed E-state index contributed by atoms with van der Waals surface area (Å²) in [7, 11) is 0. The molecular weight excluding hydrogens is 461 g/mol. The highest BCUT2D eigenvalue weighted by Gasteiger charge is 2.31. The first-order chi connectivity index (χ1) is 16.3. The second kappa shape index (κ2) is 10.1. The number of halogens is 3. The van der Waals surface area contributed by atoms with Crippen LogP contribution in [-0.4, -0.2) is 23.5 Å². The predicted octanol–water partition coefficient (Wildman–Crippen LogP) is 6.82. The molecule has 184 valence electrons. The largest absolute Gasteiger partial charge is 0.573 e. The first-order valence-electron chi connectivity index (χ1n) is 10.7. The van der Waals surface area contributed by atoms with Crippen molar-refractivity contribution in [2.75, 3.05) is 10.2 Å². The van der Waals surface area contributed by atoms with Crippen molar-refractivity contribution in [1.29, 1.82) is 0 Å². The Morgan fingerprint density at radius 1 is 0.914 bits per heavy atom. The van der Waals surface area contributed by atoms with Gasteiger partial charge in [0.15, 0.2) is 0 Å². The van der Waals surface area contributed by atoms with Gasteiger partial charge in [-0.2, -0.15) is 0 Å². The number of nitrogens with zero attached hydrogens (tertiary/aromatic N) is 1. The number of carbonyl (C=O) groups excluding carboxylic acids is 1. The van der Waals surface area contributed by atoms with Gasteiger partial charge >= 0.3 is 18.4 Å². The highest BCUT2D eigenvalue weighted by atomic mass is 19.4. The van der Waals surface area contributed by atoms with Gasteiger partial charge in [-0.05, 0) is 59.0 Å². The molecule has 0 saturated carbocycles. The van der Waals surface area contributed by atoms with Crippen LogP contribution in [0.25, 0.3) is 0 Å². The van der Waals surface area contributed by atoms with E-state index in [0.29, 0.717) is 11.3 Å². The van der Waals surface area contributed by atoms with Gasteiger partial charge in [0.1, 0.15) is 5.75 Å². The molecule has 0 aliphatic carbocycles. The van der Waals surface area contributed by atoms with E-state index in [1.807, 2.05) is 12.1 Å². The lowest BCUT2D eigenvalue weighted by atomic mass is 9.87. The normalized spacial score (nSPS) is 11.6. The molecule has 0 spiro atoms. The van der Waals surface area contributed by atoms with Gasteiger partial charge in [0.2, 0.25) is 0 Å². The Morgan fingerprint density at radius 3 is 2.06 bits per heavy atom. The number of amides is 2. The standard InChI is InChI=1S/C26H25F3N2O4/c1-25(2,3)18-8-12-20(13-9-18)31(16-17-6-4-5-7-22(17)23(32)33)24(34)30-19-10-14-21(15-11-19)35-26(27,28)29/h4-15H,16H2,1-3H3,(H,30,34)(H,32,33). The molecule has 3 aromatic carbocycles. The van der Waals surface area contributed by atoms with Crippen molar-refractivity contribution in [3.05, 3.63) is 89.5 Å². The van der Waals surface area contributed by atoms with E-state index >= 15 is 0 Å². The van der Waals surface area contributed by atoms with Crippen molar-refractivity contribution in [3.63, 3.8) is 0 Å². The maximum absolute atomic E-state index is 13.3. The van der Waals surface area contributed by atoms with Crippen LogP contribution in [0.2, 0.25) is 0 Å². The zero-order chi connectivity index (χ0) is 25.8. The third kappa shape index (κ3) is 6.99. The Morgan fingerprint density at radius 2 is 1.51 bits per heavy atom. The average molecular weight is 486 g/mol. The fourth-order valence-corrected chi connectivity index (χ4v) is 3.39. The summed E-state index contributed by atoms with van der Waals surface area (Å²) in [5, 5.41) is 12.2. The number of ether oxygens (including phenoxy) is 1. The number of anilines is 2. The molecule has 3 aromatic rings. The first kappa shape index (κ1) is 25.6. The number of carboxylic acid groups (broad SMARTS) is 1. The Bertz CT molecular complexity index is 1180. The Labute approximate surface area is 201 Å². The van der Waals surface area contributed by atoms with Crippen LogP contribution in [-0.2, 0) is 12.0 Å². The molecule has 0 unspecified atom stereocenters. The molecule has 0 heterocycles. The number of rotatable bonds is 6. The summed E-state index contributed by atoms with van der Waals surface area (Å²) in [4.78, 5) is 26.3. The number of alkyl halides is 3. The number of nitrogens with one attached hydrogen (secondary N) is 1. The minimum Gasteiger partial charge on any atom is -0.478 e. The number of aromatic carboxylic acids is 1. The van der Waals surface area contributed by atoms with Crippen molar-refractivity contribution < 1.29 is 32.6 Å². The number of urea groups is 1. The average Bonchev–Trinajstić information content (AvgIpc) is 2.77. The maximum Gasteiger partial charge on any atom is 0.573 e.